The molecule has 0 aromatic carbocycles. The van der Waals surface area contributed by atoms with E-state index in [1.165, 1.54) is 11.9 Å². The van der Waals surface area contributed by atoms with Gasteiger partial charge < -0.3 is 0 Å². The molecule has 0 saturated heterocycles. The zero-order valence-corrected chi connectivity index (χ0v) is 5.96. The van der Waals surface area contributed by atoms with Crippen molar-refractivity contribution < 1.29 is 0 Å². The van der Waals surface area contributed by atoms with Crippen LogP contribution in [0.2, 0.25) is 0 Å². The summed E-state index contributed by atoms with van der Waals surface area (Å²) in [5.41, 5.74) is 1.25. The highest BCUT2D eigenvalue weighted by atomic mass is 14.8. The Morgan fingerprint density at radius 3 is 2.78 bits per heavy atom. The summed E-state index contributed by atoms with van der Waals surface area (Å²) in [5.74, 6) is 0. The van der Waals surface area contributed by atoms with Crippen LogP contribution in [0.4, 0.5) is 0 Å². The van der Waals surface area contributed by atoms with Crippen molar-refractivity contribution in [3.63, 3.8) is 0 Å². The molecule has 0 radical (unpaired) electrons. The fourth-order valence-electron chi connectivity index (χ4n) is 0.299. The third-order valence-corrected chi connectivity index (χ3v) is 1.00. The van der Waals surface area contributed by atoms with Gasteiger partial charge in [-0.3, -0.25) is 4.99 Å². The van der Waals surface area contributed by atoms with Crippen molar-refractivity contribution in [2.24, 2.45) is 9.98 Å². The molecule has 0 aliphatic carbocycles. The molecular formula is C7H12N2. The molecule has 2 nitrogen and oxygen atoms in total. The first-order chi connectivity index (χ1) is 4.31. The normalized spacial score (nSPS) is 12.4. The van der Waals surface area contributed by atoms with E-state index in [4.69, 9.17) is 0 Å². The highest BCUT2D eigenvalue weighted by Crippen LogP contribution is 1.96. The predicted octanol–water partition coefficient (Wildman–Crippen LogP) is 2.03. The van der Waals surface area contributed by atoms with E-state index < -0.39 is 0 Å². The van der Waals surface area contributed by atoms with Crippen LogP contribution in [0, 0.1) is 0 Å². The van der Waals surface area contributed by atoms with Crippen molar-refractivity contribution >= 4 is 13.1 Å². The van der Waals surface area contributed by atoms with Gasteiger partial charge in [0.1, 0.15) is 6.34 Å². The van der Waals surface area contributed by atoms with E-state index in [0.717, 1.165) is 6.42 Å². The van der Waals surface area contributed by atoms with Gasteiger partial charge in [-0.2, -0.15) is 0 Å². The van der Waals surface area contributed by atoms with Gasteiger partial charge in [-0.15, -0.1) is 0 Å². The number of nitrogens with zero attached hydrogens (tertiary/aromatic N) is 2. The van der Waals surface area contributed by atoms with Gasteiger partial charge in [-0.1, -0.05) is 12.5 Å². The average molecular weight is 124 g/mol. The highest BCUT2D eigenvalue weighted by molar-refractivity contribution is 5.62. The quantitative estimate of drug-likeness (QED) is 0.406. The number of aliphatic imine (C=N–C) groups is 2. The molecule has 0 unspecified atom stereocenters. The summed E-state index contributed by atoms with van der Waals surface area (Å²) in [7, 11) is 0. The summed E-state index contributed by atoms with van der Waals surface area (Å²) in [4.78, 5) is 7.30. The molecule has 0 heterocycles. The molecule has 0 aliphatic heterocycles. The van der Waals surface area contributed by atoms with Crippen molar-refractivity contribution in [2.75, 3.05) is 0 Å². The SMILES string of the molecule is C=N/C=N\C=C(/C)CC. The summed E-state index contributed by atoms with van der Waals surface area (Å²) in [6.45, 7) is 7.37. The molecule has 2 heteroatoms. The second-order valence-corrected chi connectivity index (χ2v) is 1.78. The van der Waals surface area contributed by atoms with E-state index >= 15 is 0 Å². The molecule has 0 saturated carbocycles. The number of rotatable bonds is 3. The maximum absolute atomic E-state index is 3.84. The maximum Gasteiger partial charge on any atom is 0.114 e. The minimum Gasteiger partial charge on any atom is -0.253 e. The lowest BCUT2D eigenvalue weighted by molar-refractivity contribution is 1.09. The molecule has 0 N–H and O–H groups in total. The van der Waals surface area contributed by atoms with Gasteiger partial charge in [0.05, 0.1) is 0 Å². The maximum atomic E-state index is 3.84. The Morgan fingerprint density at radius 2 is 2.33 bits per heavy atom. The Hall–Kier alpha value is -0.920. The lowest BCUT2D eigenvalue weighted by atomic mass is 10.3. The number of hydrogen-bond acceptors (Lipinski definition) is 1. The first-order valence-corrected chi connectivity index (χ1v) is 2.94. The smallest absolute Gasteiger partial charge is 0.114 e. The van der Waals surface area contributed by atoms with Gasteiger partial charge in [-0.05, 0) is 20.1 Å². The van der Waals surface area contributed by atoms with Crippen LogP contribution >= 0.6 is 0 Å². The summed E-state index contributed by atoms with van der Waals surface area (Å²) in [5, 5.41) is 0. The largest absolute Gasteiger partial charge is 0.253 e. The van der Waals surface area contributed by atoms with Crippen LogP contribution in [0.1, 0.15) is 20.3 Å². The zero-order valence-electron chi connectivity index (χ0n) is 5.96. The Bertz CT molecular complexity index is 134. The van der Waals surface area contributed by atoms with E-state index in [2.05, 4.69) is 23.6 Å². The van der Waals surface area contributed by atoms with Crippen molar-refractivity contribution in [3.05, 3.63) is 11.8 Å². The van der Waals surface area contributed by atoms with Gasteiger partial charge in [0.2, 0.25) is 0 Å². The molecule has 0 rings (SSSR count). The first-order valence-electron chi connectivity index (χ1n) is 2.94. The van der Waals surface area contributed by atoms with E-state index in [9.17, 15) is 0 Å². The highest BCUT2D eigenvalue weighted by Gasteiger charge is 1.77. The number of hydrogen-bond donors (Lipinski definition) is 0. The summed E-state index contributed by atoms with van der Waals surface area (Å²) in [6, 6.07) is 0. The molecular weight excluding hydrogens is 112 g/mol. The Balaban J connectivity index is 3.67. The summed E-state index contributed by atoms with van der Waals surface area (Å²) >= 11 is 0. The second-order valence-electron chi connectivity index (χ2n) is 1.78. The van der Waals surface area contributed by atoms with Crippen LogP contribution in [-0.4, -0.2) is 13.1 Å². The van der Waals surface area contributed by atoms with E-state index in [1.54, 1.807) is 6.20 Å². The lowest BCUT2D eigenvalue weighted by Gasteiger charge is -1.86. The molecule has 0 bridgehead atoms. The van der Waals surface area contributed by atoms with Crippen molar-refractivity contribution in [1.29, 1.82) is 0 Å². The van der Waals surface area contributed by atoms with Crippen LogP contribution in [0.15, 0.2) is 21.8 Å². The van der Waals surface area contributed by atoms with Gasteiger partial charge >= 0.3 is 0 Å². The van der Waals surface area contributed by atoms with Gasteiger partial charge in [0, 0.05) is 6.20 Å². The molecule has 0 spiro atoms. The van der Waals surface area contributed by atoms with Crippen LogP contribution < -0.4 is 0 Å². The predicted molar refractivity (Wildman–Crippen MR) is 42.1 cm³/mol. The first kappa shape index (κ1) is 8.08. The van der Waals surface area contributed by atoms with Gasteiger partial charge in [-0.25, -0.2) is 4.99 Å². The molecule has 50 valence electrons. The molecule has 0 aromatic heterocycles. The third kappa shape index (κ3) is 4.94. The van der Waals surface area contributed by atoms with Crippen molar-refractivity contribution in [1.82, 2.24) is 0 Å². The monoisotopic (exact) mass is 124 g/mol. The molecule has 0 aliphatic rings. The Morgan fingerprint density at radius 1 is 1.67 bits per heavy atom. The minimum absolute atomic E-state index is 1.04. The van der Waals surface area contributed by atoms with Crippen molar-refractivity contribution in [3.8, 4) is 0 Å². The average Bonchev–Trinajstić information content (AvgIpc) is 1.89. The molecule has 0 aromatic rings. The van der Waals surface area contributed by atoms with Crippen LogP contribution in [0.25, 0.3) is 0 Å². The summed E-state index contributed by atoms with van der Waals surface area (Å²) < 4.78 is 0. The molecule has 0 amide bonds. The second kappa shape index (κ2) is 5.22. The molecule has 0 atom stereocenters. The molecule has 0 fully saturated rings. The van der Waals surface area contributed by atoms with E-state index in [0.29, 0.717) is 0 Å². The zero-order chi connectivity index (χ0) is 7.11. The Labute approximate surface area is 56.0 Å². The fourth-order valence-corrected chi connectivity index (χ4v) is 0.299. The minimum atomic E-state index is 1.04. The third-order valence-electron chi connectivity index (χ3n) is 1.00. The van der Waals surface area contributed by atoms with Crippen LogP contribution in [0.5, 0.6) is 0 Å². The molecule has 9 heavy (non-hydrogen) atoms. The van der Waals surface area contributed by atoms with Gasteiger partial charge in [0.25, 0.3) is 0 Å². The lowest BCUT2D eigenvalue weighted by Crippen LogP contribution is -1.68. The topological polar surface area (TPSA) is 24.7 Å². The van der Waals surface area contributed by atoms with Crippen LogP contribution in [0.3, 0.4) is 0 Å². The van der Waals surface area contributed by atoms with Crippen LogP contribution in [-0.2, 0) is 0 Å². The standard InChI is InChI=1S/C7H12N2/c1-4-7(2)5-9-6-8-3/h5-6H,3-4H2,1-2H3/b7-5+,9-6-. The Kier molecular flexibility index (Phi) is 4.69. The van der Waals surface area contributed by atoms with E-state index in [-0.39, 0.29) is 0 Å². The van der Waals surface area contributed by atoms with Gasteiger partial charge in [0.15, 0.2) is 0 Å². The van der Waals surface area contributed by atoms with E-state index in [1.807, 2.05) is 6.92 Å². The summed E-state index contributed by atoms with van der Waals surface area (Å²) in [6.07, 6.45) is 4.25. The number of allylic oxidation sites excluding steroid dienone is 1. The fraction of sp³-hybridized carbons (Fsp3) is 0.429. The van der Waals surface area contributed by atoms with Crippen molar-refractivity contribution in [2.45, 2.75) is 20.3 Å².